The number of aliphatic carboxylic acids is 1. The Balaban J connectivity index is 2.25. The number of hydrogen-bond donors (Lipinski definition) is 2. The molecule has 4 nitrogen and oxygen atoms in total. The highest BCUT2D eigenvalue weighted by atomic mass is 16.5. The third kappa shape index (κ3) is 4.25. The van der Waals surface area contributed by atoms with Crippen LogP contribution in [0.1, 0.15) is 52.9 Å². The van der Waals surface area contributed by atoms with Crippen LogP contribution in [0.4, 0.5) is 0 Å². The fraction of sp³-hybridized carbons (Fsp3) is 0.929. The van der Waals surface area contributed by atoms with Gasteiger partial charge < -0.3 is 15.6 Å². The molecule has 0 heterocycles. The van der Waals surface area contributed by atoms with E-state index in [2.05, 4.69) is 20.8 Å². The van der Waals surface area contributed by atoms with E-state index in [4.69, 9.17) is 10.5 Å². The van der Waals surface area contributed by atoms with E-state index in [0.29, 0.717) is 13.0 Å². The zero-order valence-corrected chi connectivity index (χ0v) is 11.9. The maximum absolute atomic E-state index is 11.2. The Morgan fingerprint density at radius 2 is 2.11 bits per heavy atom. The third-order valence-corrected chi connectivity index (χ3v) is 3.88. The number of carboxylic acids is 1. The van der Waals surface area contributed by atoms with Gasteiger partial charge in [0.15, 0.2) is 0 Å². The van der Waals surface area contributed by atoms with Crippen LogP contribution in [-0.2, 0) is 9.53 Å². The molecular formula is C14H27NO3. The van der Waals surface area contributed by atoms with Crippen LogP contribution in [0.25, 0.3) is 0 Å². The lowest BCUT2D eigenvalue weighted by Gasteiger charge is -2.26. The molecule has 1 rings (SSSR count). The zero-order valence-electron chi connectivity index (χ0n) is 11.9. The van der Waals surface area contributed by atoms with Crippen molar-refractivity contribution in [2.24, 2.45) is 17.1 Å². The first kappa shape index (κ1) is 15.4. The molecular weight excluding hydrogens is 230 g/mol. The molecule has 1 aliphatic rings. The molecule has 0 spiro atoms. The summed E-state index contributed by atoms with van der Waals surface area (Å²) in [7, 11) is 0. The van der Waals surface area contributed by atoms with Gasteiger partial charge in [-0.3, -0.25) is 4.79 Å². The first-order valence-corrected chi connectivity index (χ1v) is 6.86. The second-order valence-corrected chi connectivity index (χ2v) is 6.65. The van der Waals surface area contributed by atoms with Crippen molar-refractivity contribution in [1.29, 1.82) is 0 Å². The predicted molar refractivity (Wildman–Crippen MR) is 71.4 cm³/mol. The minimum absolute atomic E-state index is 0.0598. The molecule has 0 radical (unpaired) electrons. The molecule has 0 aromatic heterocycles. The topological polar surface area (TPSA) is 72.5 Å². The van der Waals surface area contributed by atoms with Crippen molar-refractivity contribution in [1.82, 2.24) is 0 Å². The van der Waals surface area contributed by atoms with Gasteiger partial charge in [-0.15, -0.1) is 0 Å². The Morgan fingerprint density at radius 1 is 1.44 bits per heavy atom. The second-order valence-electron chi connectivity index (χ2n) is 6.65. The molecule has 0 aromatic carbocycles. The second kappa shape index (κ2) is 6.02. The van der Waals surface area contributed by atoms with E-state index >= 15 is 0 Å². The Labute approximate surface area is 110 Å². The van der Waals surface area contributed by atoms with Crippen molar-refractivity contribution >= 4 is 5.97 Å². The molecule has 18 heavy (non-hydrogen) atoms. The van der Waals surface area contributed by atoms with Gasteiger partial charge in [0.2, 0.25) is 0 Å². The van der Waals surface area contributed by atoms with Crippen LogP contribution < -0.4 is 5.73 Å². The van der Waals surface area contributed by atoms with Gasteiger partial charge in [0.05, 0.1) is 0 Å². The van der Waals surface area contributed by atoms with Crippen LogP contribution in [0.2, 0.25) is 0 Å². The smallest absolute Gasteiger partial charge is 0.323 e. The van der Waals surface area contributed by atoms with Crippen LogP contribution in [-0.4, -0.2) is 29.8 Å². The lowest BCUT2D eigenvalue weighted by molar-refractivity contribution is -0.145. The Bertz CT molecular complexity index is 285. The average molecular weight is 257 g/mol. The molecule has 0 amide bonds. The molecule has 2 unspecified atom stereocenters. The number of rotatable bonds is 6. The van der Waals surface area contributed by atoms with Gasteiger partial charge in [0.25, 0.3) is 0 Å². The summed E-state index contributed by atoms with van der Waals surface area (Å²) in [6.45, 7) is 7.90. The predicted octanol–water partition coefficient (Wildman–Crippen LogP) is 2.41. The summed E-state index contributed by atoms with van der Waals surface area (Å²) in [6.07, 6.45) is 4.19. The largest absolute Gasteiger partial charge is 0.480 e. The summed E-state index contributed by atoms with van der Waals surface area (Å²) in [5.41, 5.74) is 5.24. The summed E-state index contributed by atoms with van der Waals surface area (Å²) < 4.78 is 5.60. The van der Waals surface area contributed by atoms with Crippen molar-refractivity contribution in [2.75, 3.05) is 13.2 Å². The van der Waals surface area contributed by atoms with Crippen LogP contribution in [0, 0.1) is 11.3 Å². The maximum atomic E-state index is 11.2. The number of ether oxygens (including phenoxy) is 1. The van der Waals surface area contributed by atoms with Gasteiger partial charge in [-0.05, 0) is 37.0 Å². The highest BCUT2D eigenvalue weighted by Crippen LogP contribution is 2.36. The number of carbonyl (C=O) groups is 1. The van der Waals surface area contributed by atoms with E-state index < -0.39 is 11.5 Å². The summed E-state index contributed by atoms with van der Waals surface area (Å²) in [6, 6.07) is 0. The SMILES string of the molecule is CC(C)(C)CCOCCC1CCCC1(N)C(=O)O. The fourth-order valence-electron chi connectivity index (χ4n) is 2.49. The molecule has 106 valence electrons. The first-order valence-electron chi connectivity index (χ1n) is 6.86. The van der Waals surface area contributed by atoms with Gasteiger partial charge in [0, 0.05) is 13.2 Å². The van der Waals surface area contributed by atoms with Crippen molar-refractivity contribution in [2.45, 2.75) is 58.4 Å². The third-order valence-electron chi connectivity index (χ3n) is 3.88. The van der Waals surface area contributed by atoms with E-state index in [1.165, 1.54) is 0 Å². The van der Waals surface area contributed by atoms with E-state index in [1.54, 1.807) is 0 Å². The lowest BCUT2D eigenvalue weighted by Crippen LogP contribution is -2.51. The van der Waals surface area contributed by atoms with Crippen molar-refractivity contribution in [3.8, 4) is 0 Å². The molecule has 4 heteroatoms. The Hall–Kier alpha value is -0.610. The van der Waals surface area contributed by atoms with Gasteiger partial charge in [-0.25, -0.2) is 0 Å². The van der Waals surface area contributed by atoms with Gasteiger partial charge in [-0.1, -0.05) is 27.2 Å². The Kier molecular flexibility index (Phi) is 5.17. The van der Waals surface area contributed by atoms with E-state index in [1.807, 2.05) is 0 Å². The highest BCUT2D eigenvalue weighted by molar-refractivity contribution is 5.79. The van der Waals surface area contributed by atoms with E-state index in [-0.39, 0.29) is 11.3 Å². The van der Waals surface area contributed by atoms with Crippen LogP contribution in [0.5, 0.6) is 0 Å². The number of carboxylic acid groups (broad SMARTS) is 1. The van der Waals surface area contributed by atoms with Gasteiger partial charge >= 0.3 is 5.97 Å². The molecule has 0 aliphatic heterocycles. The quantitative estimate of drug-likeness (QED) is 0.717. The molecule has 0 aromatic rings. The van der Waals surface area contributed by atoms with Crippen molar-refractivity contribution in [3.63, 3.8) is 0 Å². The monoisotopic (exact) mass is 257 g/mol. The van der Waals surface area contributed by atoms with Gasteiger partial charge in [0.1, 0.15) is 5.54 Å². The zero-order chi connectivity index (χ0) is 13.8. The standard InChI is InChI=1S/C14H27NO3/c1-13(2,3)8-10-18-9-6-11-5-4-7-14(11,15)12(16)17/h11H,4-10,15H2,1-3H3,(H,16,17). The lowest BCUT2D eigenvalue weighted by atomic mass is 9.86. The van der Waals surface area contributed by atoms with Crippen molar-refractivity contribution < 1.29 is 14.6 Å². The Morgan fingerprint density at radius 3 is 2.67 bits per heavy atom. The maximum Gasteiger partial charge on any atom is 0.323 e. The van der Waals surface area contributed by atoms with Crippen LogP contribution in [0.15, 0.2) is 0 Å². The minimum atomic E-state index is -1.02. The van der Waals surface area contributed by atoms with E-state index in [9.17, 15) is 9.90 Å². The highest BCUT2D eigenvalue weighted by Gasteiger charge is 2.45. The normalized spacial score (nSPS) is 28.6. The molecule has 2 atom stereocenters. The first-order chi connectivity index (χ1) is 8.26. The molecule has 1 saturated carbocycles. The summed E-state index contributed by atoms with van der Waals surface area (Å²) in [5.74, 6) is -0.802. The van der Waals surface area contributed by atoms with Crippen LogP contribution >= 0.6 is 0 Å². The minimum Gasteiger partial charge on any atom is -0.480 e. The van der Waals surface area contributed by atoms with Gasteiger partial charge in [-0.2, -0.15) is 0 Å². The summed E-state index contributed by atoms with van der Waals surface area (Å²) in [5, 5.41) is 9.19. The molecule has 3 N–H and O–H groups in total. The van der Waals surface area contributed by atoms with Crippen molar-refractivity contribution in [3.05, 3.63) is 0 Å². The summed E-state index contributed by atoms with van der Waals surface area (Å²) >= 11 is 0. The molecule has 0 bridgehead atoms. The molecule has 1 aliphatic carbocycles. The summed E-state index contributed by atoms with van der Waals surface area (Å²) in [4.78, 5) is 11.2. The molecule has 1 fully saturated rings. The fourth-order valence-corrected chi connectivity index (χ4v) is 2.49. The average Bonchev–Trinajstić information content (AvgIpc) is 2.59. The van der Waals surface area contributed by atoms with E-state index in [0.717, 1.165) is 32.3 Å². The number of hydrogen-bond acceptors (Lipinski definition) is 3. The molecule has 0 saturated heterocycles. The number of nitrogens with two attached hydrogens (primary N) is 1. The van der Waals surface area contributed by atoms with Crippen LogP contribution in [0.3, 0.4) is 0 Å².